The Morgan fingerprint density at radius 3 is 2.50 bits per heavy atom. The average Bonchev–Trinajstić information content (AvgIpc) is 2.28. The summed E-state index contributed by atoms with van der Waals surface area (Å²) < 4.78 is 26.9. The fraction of sp³-hybridized carbons (Fsp3) is 0.308. The van der Waals surface area contributed by atoms with Gasteiger partial charge in [-0.15, -0.1) is 0 Å². The van der Waals surface area contributed by atoms with E-state index in [1.54, 1.807) is 30.5 Å². The van der Waals surface area contributed by atoms with Crippen molar-refractivity contribution in [3.8, 4) is 0 Å². The van der Waals surface area contributed by atoms with Crippen LogP contribution in [0.1, 0.15) is 20.3 Å². The van der Waals surface area contributed by atoms with Crippen LogP contribution in [0.2, 0.25) is 0 Å². The van der Waals surface area contributed by atoms with Crippen LogP contribution in [-0.2, 0) is 10.0 Å². The SMILES string of the molecule is CC1(C)C=CN=C(S(=O)(=O)Nc2ccccc2)C1. The maximum Gasteiger partial charge on any atom is 0.275 e. The molecular weight excluding hydrogens is 248 g/mol. The lowest BCUT2D eigenvalue weighted by atomic mass is 9.89. The Kier molecular flexibility index (Phi) is 3.26. The van der Waals surface area contributed by atoms with Crippen LogP contribution in [0, 0.1) is 5.41 Å². The Labute approximate surface area is 107 Å². The molecule has 0 aliphatic carbocycles. The van der Waals surface area contributed by atoms with Crippen molar-refractivity contribution in [2.75, 3.05) is 4.72 Å². The lowest BCUT2D eigenvalue weighted by molar-refractivity contribution is 0.498. The molecule has 0 saturated carbocycles. The second kappa shape index (κ2) is 4.57. The number of rotatable bonds is 2. The normalized spacial score (nSPS) is 18.2. The summed E-state index contributed by atoms with van der Waals surface area (Å²) in [6.07, 6.45) is 3.88. The highest BCUT2D eigenvalue weighted by Gasteiger charge is 2.28. The van der Waals surface area contributed by atoms with Crippen LogP contribution in [0.4, 0.5) is 5.69 Å². The second-order valence-electron chi connectivity index (χ2n) is 4.98. The maximum atomic E-state index is 12.2. The summed E-state index contributed by atoms with van der Waals surface area (Å²) in [7, 11) is -3.56. The monoisotopic (exact) mass is 264 g/mol. The Hall–Kier alpha value is -1.62. The minimum atomic E-state index is -3.56. The van der Waals surface area contributed by atoms with Crippen molar-refractivity contribution in [3.05, 3.63) is 42.6 Å². The van der Waals surface area contributed by atoms with E-state index in [1.807, 2.05) is 26.0 Å². The molecule has 0 unspecified atom stereocenters. The van der Waals surface area contributed by atoms with Crippen molar-refractivity contribution in [1.29, 1.82) is 0 Å². The molecule has 1 heterocycles. The number of hydrogen-bond acceptors (Lipinski definition) is 3. The highest BCUT2D eigenvalue weighted by Crippen LogP contribution is 2.28. The molecule has 96 valence electrons. The number of aliphatic imine (C=N–C) groups is 1. The predicted molar refractivity (Wildman–Crippen MR) is 74.0 cm³/mol. The smallest absolute Gasteiger partial charge is 0.275 e. The van der Waals surface area contributed by atoms with Gasteiger partial charge in [-0.05, 0) is 17.5 Å². The molecule has 1 aromatic rings. The number of allylic oxidation sites excluding steroid dienone is 1. The molecule has 0 atom stereocenters. The Morgan fingerprint density at radius 1 is 1.22 bits per heavy atom. The first-order chi connectivity index (χ1) is 8.39. The fourth-order valence-electron chi connectivity index (χ4n) is 1.70. The molecule has 5 heteroatoms. The van der Waals surface area contributed by atoms with Crippen molar-refractivity contribution in [2.45, 2.75) is 20.3 Å². The van der Waals surface area contributed by atoms with E-state index < -0.39 is 10.0 Å². The van der Waals surface area contributed by atoms with Gasteiger partial charge in [-0.25, -0.2) is 4.99 Å². The minimum Gasteiger partial charge on any atom is -0.279 e. The summed E-state index contributed by atoms with van der Waals surface area (Å²) in [6.45, 7) is 3.96. The van der Waals surface area contributed by atoms with Gasteiger partial charge in [0.2, 0.25) is 0 Å². The summed E-state index contributed by atoms with van der Waals surface area (Å²) in [5.74, 6) is 0. The topological polar surface area (TPSA) is 58.5 Å². The number of sulfonamides is 1. The predicted octanol–water partition coefficient (Wildman–Crippen LogP) is 2.77. The fourth-order valence-corrected chi connectivity index (χ4v) is 3.03. The van der Waals surface area contributed by atoms with Crippen molar-refractivity contribution in [3.63, 3.8) is 0 Å². The zero-order valence-corrected chi connectivity index (χ0v) is 11.2. The third-order valence-corrected chi connectivity index (χ3v) is 4.06. The summed E-state index contributed by atoms with van der Waals surface area (Å²) in [5, 5.41) is 0.179. The van der Waals surface area contributed by atoms with Gasteiger partial charge in [0.05, 0.1) is 0 Å². The third-order valence-electron chi connectivity index (χ3n) is 2.69. The van der Waals surface area contributed by atoms with Crippen molar-refractivity contribution in [1.82, 2.24) is 0 Å². The third kappa shape index (κ3) is 2.98. The molecule has 0 fully saturated rings. The van der Waals surface area contributed by atoms with Crippen LogP contribution in [0.5, 0.6) is 0 Å². The molecule has 0 radical (unpaired) electrons. The molecule has 18 heavy (non-hydrogen) atoms. The van der Waals surface area contributed by atoms with Gasteiger partial charge in [0.25, 0.3) is 10.0 Å². The summed E-state index contributed by atoms with van der Waals surface area (Å²) >= 11 is 0. The summed E-state index contributed by atoms with van der Waals surface area (Å²) in [4.78, 5) is 3.98. The van der Waals surface area contributed by atoms with Gasteiger partial charge in [-0.3, -0.25) is 4.72 Å². The van der Waals surface area contributed by atoms with Gasteiger partial charge in [0.1, 0.15) is 0 Å². The lowest BCUT2D eigenvalue weighted by Gasteiger charge is -2.23. The van der Waals surface area contributed by atoms with E-state index in [0.29, 0.717) is 12.1 Å². The number of para-hydroxylation sites is 1. The average molecular weight is 264 g/mol. The van der Waals surface area contributed by atoms with Crippen molar-refractivity contribution in [2.24, 2.45) is 10.4 Å². The van der Waals surface area contributed by atoms with E-state index in [-0.39, 0.29) is 10.5 Å². The van der Waals surface area contributed by atoms with Crippen LogP contribution in [-0.4, -0.2) is 13.5 Å². The van der Waals surface area contributed by atoms with Crippen LogP contribution in [0.15, 0.2) is 47.6 Å². The first-order valence-corrected chi connectivity index (χ1v) is 7.20. The van der Waals surface area contributed by atoms with E-state index in [2.05, 4.69) is 9.71 Å². The molecule has 0 bridgehead atoms. The molecule has 1 aliphatic heterocycles. The Bertz CT molecular complexity index is 587. The number of benzene rings is 1. The minimum absolute atomic E-state index is 0.178. The van der Waals surface area contributed by atoms with Crippen LogP contribution in [0.25, 0.3) is 0 Å². The van der Waals surface area contributed by atoms with E-state index in [1.165, 1.54) is 0 Å². The Morgan fingerprint density at radius 2 is 1.89 bits per heavy atom. The van der Waals surface area contributed by atoms with Gasteiger partial charge in [0, 0.05) is 18.3 Å². The molecule has 2 rings (SSSR count). The van der Waals surface area contributed by atoms with E-state index in [9.17, 15) is 8.42 Å². The molecule has 1 aliphatic rings. The zero-order valence-electron chi connectivity index (χ0n) is 10.4. The summed E-state index contributed by atoms with van der Waals surface area (Å²) in [5.41, 5.74) is 0.371. The number of hydrogen-bond donors (Lipinski definition) is 1. The number of nitrogens with one attached hydrogen (secondary N) is 1. The van der Waals surface area contributed by atoms with Gasteiger partial charge in [-0.1, -0.05) is 38.1 Å². The van der Waals surface area contributed by atoms with Crippen molar-refractivity contribution >= 4 is 20.8 Å². The molecule has 1 N–H and O–H groups in total. The highest BCUT2D eigenvalue weighted by molar-refractivity contribution is 8.07. The molecule has 1 aromatic carbocycles. The largest absolute Gasteiger partial charge is 0.279 e. The van der Waals surface area contributed by atoms with Gasteiger partial charge in [-0.2, -0.15) is 8.42 Å². The van der Waals surface area contributed by atoms with E-state index in [0.717, 1.165) is 0 Å². The molecular formula is C13H16N2O2S. The van der Waals surface area contributed by atoms with Crippen LogP contribution < -0.4 is 4.72 Å². The molecule has 0 aromatic heterocycles. The van der Waals surface area contributed by atoms with E-state index in [4.69, 9.17) is 0 Å². The Balaban J connectivity index is 2.23. The lowest BCUT2D eigenvalue weighted by Crippen LogP contribution is -2.29. The second-order valence-corrected chi connectivity index (χ2v) is 6.66. The van der Waals surface area contributed by atoms with Crippen LogP contribution >= 0.6 is 0 Å². The standard InChI is InChI=1S/C13H16N2O2S/c1-13(2)8-9-14-12(10-13)18(16,17)15-11-6-4-3-5-7-11/h3-9,15H,10H2,1-2H3. The number of anilines is 1. The maximum absolute atomic E-state index is 12.2. The first kappa shape index (κ1) is 12.8. The first-order valence-electron chi connectivity index (χ1n) is 5.71. The zero-order chi connectivity index (χ0) is 13.2. The number of nitrogens with zero attached hydrogens (tertiary/aromatic N) is 1. The van der Waals surface area contributed by atoms with Gasteiger partial charge >= 0.3 is 0 Å². The van der Waals surface area contributed by atoms with Gasteiger partial charge < -0.3 is 0 Å². The molecule has 4 nitrogen and oxygen atoms in total. The molecule has 0 saturated heterocycles. The quantitative estimate of drug-likeness (QED) is 0.893. The van der Waals surface area contributed by atoms with E-state index >= 15 is 0 Å². The van der Waals surface area contributed by atoms with Crippen LogP contribution in [0.3, 0.4) is 0 Å². The summed E-state index contributed by atoms with van der Waals surface area (Å²) in [6, 6.07) is 8.82. The molecule has 0 spiro atoms. The highest BCUT2D eigenvalue weighted by atomic mass is 32.2. The van der Waals surface area contributed by atoms with Gasteiger partial charge in [0.15, 0.2) is 5.04 Å². The molecule has 0 amide bonds. The van der Waals surface area contributed by atoms with Crippen molar-refractivity contribution < 1.29 is 8.42 Å².